The zero-order valence-electron chi connectivity index (χ0n) is 10.4. The van der Waals surface area contributed by atoms with Gasteiger partial charge < -0.3 is 15.4 Å². The summed E-state index contributed by atoms with van der Waals surface area (Å²) in [6.45, 7) is 6.68. The van der Waals surface area contributed by atoms with Crippen LogP contribution in [0.4, 0.5) is 0 Å². The van der Waals surface area contributed by atoms with Crippen LogP contribution < -0.4 is 5.73 Å². The Kier molecular flexibility index (Phi) is 4.58. The Bertz CT molecular complexity index is 206. The number of methoxy groups -OCH3 is 1. The molecule has 0 aromatic heterocycles. The highest BCUT2D eigenvalue weighted by Gasteiger charge is 2.29. The van der Waals surface area contributed by atoms with Crippen molar-refractivity contribution in [3.8, 4) is 0 Å². The Morgan fingerprint density at radius 1 is 1.31 bits per heavy atom. The van der Waals surface area contributed by atoms with E-state index in [0.717, 1.165) is 12.6 Å². The molecular weight excluding hydrogens is 202 g/mol. The summed E-state index contributed by atoms with van der Waals surface area (Å²) in [4.78, 5) is 5.15. The molecule has 0 bridgehead atoms. The molecule has 2 aliphatic heterocycles. The molecule has 2 unspecified atom stereocenters. The van der Waals surface area contributed by atoms with Gasteiger partial charge in [-0.15, -0.1) is 0 Å². The smallest absolute Gasteiger partial charge is 0.0626 e. The van der Waals surface area contributed by atoms with Crippen molar-refractivity contribution in [2.24, 2.45) is 5.73 Å². The van der Waals surface area contributed by atoms with E-state index >= 15 is 0 Å². The minimum atomic E-state index is 0.169. The molecule has 0 amide bonds. The molecule has 4 heteroatoms. The van der Waals surface area contributed by atoms with Crippen LogP contribution in [0.3, 0.4) is 0 Å². The van der Waals surface area contributed by atoms with Crippen molar-refractivity contribution in [1.29, 1.82) is 0 Å². The van der Waals surface area contributed by atoms with Gasteiger partial charge in [-0.2, -0.15) is 0 Å². The molecule has 0 radical (unpaired) electrons. The zero-order chi connectivity index (χ0) is 11.4. The Morgan fingerprint density at radius 3 is 2.75 bits per heavy atom. The molecule has 16 heavy (non-hydrogen) atoms. The van der Waals surface area contributed by atoms with Crippen molar-refractivity contribution in [3.63, 3.8) is 0 Å². The molecule has 2 fully saturated rings. The van der Waals surface area contributed by atoms with Gasteiger partial charge in [0.05, 0.1) is 6.61 Å². The van der Waals surface area contributed by atoms with Gasteiger partial charge in [0.15, 0.2) is 0 Å². The van der Waals surface area contributed by atoms with Gasteiger partial charge in [-0.3, -0.25) is 4.90 Å². The van der Waals surface area contributed by atoms with E-state index in [0.29, 0.717) is 6.61 Å². The van der Waals surface area contributed by atoms with Crippen LogP contribution in [0.25, 0.3) is 0 Å². The minimum Gasteiger partial charge on any atom is -0.383 e. The largest absolute Gasteiger partial charge is 0.383 e. The van der Waals surface area contributed by atoms with Crippen LogP contribution in [-0.2, 0) is 4.74 Å². The maximum atomic E-state index is 5.98. The van der Waals surface area contributed by atoms with Crippen molar-refractivity contribution in [3.05, 3.63) is 0 Å². The fourth-order valence-electron chi connectivity index (χ4n) is 2.98. The molecule has 2 heterocycles. The first-order chi connectivity index (χ1) is 7.79. The number of likely N-dealkylation sites (tertiary alicyclic amines) is 2. The first-order valence-corrected chi connectivity index (χ1v) is 6.50. The van der Waals surface area contributed by atoms with Crippen molar-refractivity contribution < 1.29 is 4.74 Å². The van der Waals surface area contributed by atoms with E-state index in [9.17, 15) is 0 Å². The number of nitrogens with two attached hydrogens (primary N) is 1. The lowest BCUT2D eigenvalue weighted by Gasteiger charge is -2.24. The lowest BCUT2D eigenvalue weighted by Crippen LogP contribution is -2.41. The molecule has 2 N–H and O–H groups in total. The molecule has 0 aromatic carbocycles. The van der Waals surface area contributed by atoms with Crippen molar-refractivity contribution in [2.75, 3.05) is 46.4 Å². The predicted molar refractivity (Wildman–Crippen MR) is 65.5 cm³/mol. The van der Waals surface area contributed by atoms with Crippen molar-refractivity contribution >= 4 is 0 Å². The van der Waals surface area contributed by atoms with Gasteiger partial charge in [0.1, 0.15) is 0 Å². The summed E-state index contributed by atoms with van der Waals surface area (Å²) in [5, 5.41) is 0. The van der Waals surface area contributed by atoms with Gasteiger partial charge in [0.25, 0.3) is 0 Å². The minimum absolute atomic E-state index is 0.169. The van der Waals surface area contributed by atoms with Gasteiger partial charge in [-0.1, -0.05) is 0 Å². The van der Waals surface area contributed by atoms with Crippen LogP contribution in [0.1, 0.15) is 19.3 Å². The molecule has 2 atom stereocenters. The van der Waals surface area contributed by atoms with Gasteiger partial charge >= 0.3 is 0 Å². The van der Waals surface area contributed by atoms with E-state index in [2.05, 4.69) is 9.80 Å². The Hall–Kier alpha value is -0.160. The summed E-state index contributed by atoms with van der Waals surface area (Å²) < 4.78 is 5.08. The van der Waals surface area contributed by atoms with Crippen LogP contribution in [0.2, 0.25) is 0 Å². The zero-order valence-corrected chi connectivity index (χ0v) is 10.4. The van der Waals surface area contributed by atoms with E-state index in [1.165, 1.54) is 45.4 Å². The third-order valence-electron chi connectivity index (χ3n) is 3.78. The van der Waals surface area contributed by atoms with Crippen LogP contribution in [0.15, 0.2) is 0 Å². The monoisotopic (exact) mass is 227 g/mol. The Morgan fingerprint density at radius 2 is 2.06 bits per heavy atom. The maximum Gasteiger partial charge on any atom is 0.0626 e. The molecule has 0 aliphatic carbocycles. The van der Waals surface area contributed by atoms with Gasteiger partial charge in [-0.25, -0.2) is 0 Å². The summed E-state index contributed by atoms with van der Waals surface area (Å²) in [5.41, 5.74) is 5.98. The maximum absolute atomic E-state index is 5.98. The van der Waals surface area contributed by atoms with Crippen LogP contribution in [0, 0.1) is 0 Å². The molecule has 2 aliphatic rings. The summed E-state index contributed by atoms with van der Waals surface area (Å²) in [6.07, 6.45) is 4.10. The molecule has 4 nitrogen and oxygen atoms in total. The fraction of sp³-hybridized carbons (Fsp3) is 1.00. The summed E-state index contributed by atoms with van der Waals surface area (Å²) >= 11 is 0. The lowest BCUT2D eigenvalue weighted by molar-refractivity contribution is 0.157. The summed E-state index contributed by atoms with van der Waals surface area (Å²) in [7, 11) is 1.72. The van der Waals surface area contributed by atoms with Crippen LogP contribution in [0.5, 0.6) is 0 Å². The molecule has 0 saturated carbocycles. The van der Waals surface area contributed by atoms with Crippen LogP contribution in [-0.4, -0.2) is 68.3 Å². The van der Waals surface area contributed by atoms with E-state index < -0.39 is 0 Å². The van der Waals surface area contributed by atoms with Gasteiger partial charge in [0, 0.05) is 32.3 Å². The average molecular weight is 227 g/mol. The van der Waals surface area contributed by atoms with Crippen molar-refractivity contribution in [2.45, 2.75) is 31.3 Å². The standard InChI is InChI=1S/C12H25N3O/c1-16-10-11(13)8-14-7-4-12(9-14)15-5-2-3-6-15/h11-12H,2-10,13H2,1H3. The normalized spacial score (nSPS) is 30.0. The second-order valence-electron chi connectivity index (χ2n) is 5.16. The Labute approximate surface area is 98.7 Å². The van der Waals surface area contributed by atoms with E-state index in [-0.39, 0.29) is 6.04 Å². The van der Waals surface area contributed by atoms with E-state index in [1.54, 1.807) is 7.11 Å². The topological polar surface area (TPSA) is 41.7 Å². The SMILES string of the molecule is COCC(N)CN1CCC(N2CCCC2)C1. The molecule has 2 saturated heterocycles. The predicted octanol–water partition coefficient (Wildman–Crippen LogP) is 0.130. The first kappa shape index (κ1) is 12.3. The van der Waals surface area contributed by atoms with Gasteiger partial charge in [0.2, 0.25) is 0 Å². The molecule has 94 valence electrons. The first-order valence-electron chi connectivity index (χ1n) is 6.50. The fourth-order valence-corrected chi connectivity index (χ4v) is 2.98. The highest BCUT2D eigenvalue weighted by Crippen LogP contribution is 2.20. The summed E-state index contributed by atoms with van der Waals surface area (Å²) in [6, 6.07) is 0.958. The molecule has 2 rings (SSSR count). The highest BCUT2D eigenvalue weighted by atomic mass is 16.5. The second-order valence-corrected chi connectivity index (χ2v) is 5.16. The Balaban J connectivity index is 1.70. The third kappa shape index (κ3) is 3.17. The highest BCUT2D eigenvalue weighted by molar-refractivity contribution is 4.86. The number of hydrogen-bond acceptors (Lipinski definition) is 4. The second kappa shape index (κ2) is 5.96. The number of nitrogens with zero attached hydrogens (tertiary/aromatic N) is 2. The summed E-state index contributed by atoms with van der Waals surface area (Å²) in [5.74, 6) is 0. The molecular formula is C12H25N3O. The van der Waals surface area contributed by atoms with Gasteiger partial charge in [-0.05, 0) is 38.9 Å². The lowest BCUT2D eigenvalue weighted by atomic mass is 10.2. The third-order valence-corrected chi connectivity index (χ3v) is 3.78. The van der Waals surface area contributed by atoms with E-state index in [4.69, 9.17) is 10.5 Å². The number of rotatable bonds is 5. The number of hydrogen-bond donors (Lipinski definition) is 1. The number of ether oxygens (including phenoxy) is 1. The quantitative estimate of drug-likeness (QED) is 0.725. The molecule has 0 aromatic rings. The van der Waals surface area contributed by atoms with E-state index in [1.807, 2.05) is 0 Å². The average Bonchev–Trinajstić information content (AvgIpc) is 2.86. The molecule has 0 spiro atoms. The van der Waals surface area contributed by atoms with Crippen molar-refractivity contribution in [1.82, 2.24) is 9.80 Å². The van der Waals surface area contributed by atoms with Crippen LogP contribution >= 0.6 is 0 Å².